The van der Waals surface area contributed by atoms with Crippen LogP contribution in [0.25, 0.3) is 0 Å². The highest BCUT2D eigenvalue weighted by Gasteiger charge is 2.33. The van der Waals surface area contributed by atoms with Crippen LogP contribution in [0.2, 0.25) is 0 Å². The van der Waals surface area contributed by atoms with Gasteiger partial charge in [-0.1, -0.05) is 42.5 Å². The zero-order chi connectivity index (χ0) is 19.9. The molecule has 2 N–H and O–H groups in total. The van der Waals surface area contributed by atoms with Crippen molar-refractivity contribution in [3.05, 3.63) is 65.7 Å². The van der Waals surface area contributed by atoms with Crippen LogP contribution in [0.5, 0.6) is 0 Å². The van der Waals surface area contributed by atoms with Gasteiger partial charge in [0.15, 0.2) is 0 Å². The van der Waals surface area contributed by atoms with Crippen LogP contribution in [0.4, 0.5) is 5.69 Å². The van der Waals surface area contributed by atoms with Gasteiger partial charge in [-0.3, -0.25) is 14.4 Å². The SMILES string of the molecule is Cc1cccc(NC(=O)CNC(=O)CN(C(=O)Cc2ccccc2)C2CC2)c1. The Morgan fingerprint density at radius 1 is 1.00 bits per heavy atom. The van der Waals surface area contributed by atoms with Crippen molar-refractivity contribution in [1.82, 2.24) is 10.2 Å². The highest BCUT2D eigenvalue weighted by molar-refractivity contribution is 5.95. The van der Waals surface area contributed by atoms with Crippen LogP contribution in [0, 0.1) is 6.92 Å². The van der Waals surface area contributed by atoms with Crippen molar-refractivity contribution >= 4 is 23.4 Å². The predicted octanol–water partition coefficient (Wildman–Crippen LogP) is 2.28. The Bertz CT molecular complexity index is 847. The van der Waals surface area contributed by atoms with Gasteiger partial charge in [-0.15, -0.1) is 0 Å². The molecule has 0 radical (unpaired) electrons. The Morgan fingerprint density at radius 2 is 1.75 bits per heavy atom. The van der Waals surface area contributed by atoms with E-state index in [0.717, 1.165) is 24.0 Å². The summed E-state index contributed by atoms with van der Waals surface area (Å²) < 4.78 is 0. The molecule has 0 saturated heterocycles. The lowest BCUT2D eigenvalue weighted by molar-refractivity contribution is -0.136. The van der Waals surface area contributed by atoms with E-state index in [4.69, 9.17) is 0 Å². The molecular weight excluding hydrogens is 354 g/mol. The second-order valence-electron chi connectivity index (χ2n) is 7.11. The Hall–Kier alpha value is -3.15. The molecule has 28 heavy (non-hydrogen) atoms. The van der Waals surface area contributed by atoms with E-state index in [0.29, 0.717) is 5.69 Å². The number of rotatable bonds is 8. The summed E-state index contributed by atoms with van der Waals surface area (Å²) in [6, 6.07) is 17.1. The van der Waals surface area contributed by atoms with E-state index in [1.54, 1.807) is 11.0 Å². The van der Waals surface area contributed by atoms with Crippen molar-refractivity contribution < 1.29 is 14.4 Å². The zero-order valence-corrected chi connectivity index (χ0v) is 16.0. The Kier molecular flexibility index (Phi) is 6.42. The molecule has 3 rings (SSSR count). The van der Waals surface area contributed by atoms with Crippen LogP contribution < -0.4 is 10.6 Å². The Morgan fingerprint density at radius 3 is 2.43 bits per heavy atom. The van der Waals surface area contributed by atoms with Crippen molar-refractivity contribution in [2.45, 2.75) is 32.2 Å². The molecule has 2 aromatic carbocycles. The fourth-order valence-corrected chi connectivity index (χ4v) is 3.00. The Labute approximate surface area is 164 Å². The molecule has 1 aliphatic carbocycles. The summed E-state index contributed by atoms with van der Waals surface area (Å²) in [5.74, 6) is -0.687. The van der Waals surface area contributed by atoms with E-state index in [9.17, 15) is 14.4 Å². The summed E-state index contributed by atoms with van der Waals surface area (Å²) in [5, 5.41) is 5.35. The third kappa shape index (κ3) is 5.94. The quantitative estimate of drug-likeness (QED) is 0.739. The minimum Gasteiger partial charge on any atom is -0.345 e. The van der Waals surface area contributed by atoms with Gasteiger partial charge in [0.2, 0.25) is 17.7 Å². The van der Waals surface area contributed by atoms with E-state index < -0.39 is 0 Å². The molecule has 6 heteroatoms. The first-order valence-electron chi connectivity index (χ1n) is 9.48. The molecule has 0 heterocycles. The van der Waals surface area contributed by atoms with Gasteiger partial charge >= 0.3 is 0 Å². The van der Waals surface area contributed by atoms with Gasteiger partial charge in [-0.25, -0.2) is 0 Å². The lowest BCUT2D eigenvalue weighted by atomic mass is 10.1. The summed E-state index contributed by atoms with van der Waals surface area (Å²) in [5.41, 5.74) is 2.66. The number of hydrogen-bond donors (Lipinski definition) is 2. The van der Waals surface area contributed by atoms with Crippen molar-refractivity contribution in [2.75, 3.05) is 18.4 Å². The zero-order valence-electron chi connectivity index (χ0n) is 16.0. The number of hydrogen-bond acceptors (Lipinski definition) is 3. The standard InChI is InChI=1S/C22H25N3O3/c1-16-6-5-9-18(12-16)24-20(26)14-23-21(27)15-25(19-10-11-19)22(28)13-17-7-3-2-4-8-17/h2-9,12,19H,10-11,13-15H2,1H3,(H,23,27)(H,24,26). The molecule has 0 unspecified atom stereocenters. The van der Waals surface area contributed by atoms with Crippen LogP contribution in [0.1, 0.15) is 24.0 Å². The summed E-state index contributed by atoms with van der Waals surface area (Å²) in [7, 11) is 0. The van der Waals surface area contributed by atoms with Crippen LogP contribution >= 0.6 is 0 Å². The maximum atomic E-state index is 12.6. The molecule has 0 aliphatic heterocycles. The minimum atomic E-state index is -0.326. The van der Waals surface area contributed by atoms with Crippen molar-refractivity contribution in [3.8, 4) is 0 Å². The number of amides is 3. The van der Waals surface area contributed by atoms with Gasteiger partial charge < -0.3 is 15.5 Å². The number of aryl methyl sites for hydroxylation is 1. The van der Waals surface area contributed by atoms with Crippen LogP contribution in [-0.4, -0.2) is 41.8 Å². The maximum Gasteiger partial charge on any atom is 0.243 e. The summed E-state index contributed by atoms with van der Waals surface area (Å²) >= 11 is 0. The smallest absolute Gasteiger partial charge is 0.243 e. The Balaban J connectivity index is 1.47. The summed E-state index contributed by atoms with van der Waals surface area (Å²) in [6.07, 6.45) is 2.11. The molecule has 1 saturated carbocycles. The summed E-state index contributed by atoms with van der Waals surface area (Å²) in [6.45, 7) is 1.79. The number of benzene rings is 2. The van der Waals surface area contributed by atoms with Gasteiger partial charge in [0, 0.05) is 11.7 Å². The number of nitrogens with one attached hydrogen (secondary N) is 2. The van der Waals surface area contributed by atoms with Gasteiger partial charge in [0.25, 0.3) is 0 Å². The van der Waals surface area contributed by atoms with Crippen LogP contribution in [-0.2, 0) is 20.8 Å². The van der Waals surface area contributed by atoms with Gasteiger partial charge in [-0.2, -0.15) is 0 Å². The normalized spacial score (nSPS) is 12.9. The fourth-order valence-electron chi connectivity index (χ4n) is 3.00. The third-order valence-corrected chi connectivity index (χ3v) is 4.57. The molecule has 0 spiro atoms. The molecule has 146 valence electrons. The highest BCUT2D eigenvalue weighted by Crippen LogP contribution is 2.27. The highest BCUT2D eigenvalue weighted by atomic mass is 16.2. The topological polar surface area (TPSA) is 78.5 Å². The van der Waals surface area contributed by atoms with Crippen molar-refractivity contribution in [1.29, 1.82) is 0 Å². The molecule has 0 aromatic heterocycles. The molecular formula is C22H25N3O3. The van der Waals surface area contributed by atoms with Gasteiger partial charge in [0.1, 0.15) is 0 Å². The summed E-state index contributed by atoms with van der Waals surface area (Å²) in [4.78, 5) is 38.5. The average molecular weight is 379 g/mol. The molecule has 0 bridgehead atoms. The molecule has 0 atom stereocenters. The second kappa shape index (κ2) is 9.17. The first-order chi connectivity index (χ1) is 13.5. The maximum absolute atomic E-state index is 12.6. The lowest BCUT2D eigenvalue weighted by Crippen LogP contribution is -2.44. The number of anilines is 1. The predicted molar refractivity (Wildman–Crippen MR) is 108 cm³/mol. The molecule has 6 nitrogen and oxygen atoms in total. The molecule has 3 amide bonds. The fraction of sp³-hybridized carbons (Fsp3) is 0.318. The number of carbonyl (C=O) groups is 3. The second-order valence-corrected chi connectivity index (χ2v) is 7.11. The molecule has 2 aromatic rings. The number of carbonyl (C=O) groups excluding carboxylic acids is 3. The van der Waals surface area contributed by atoms with Gasteiger partial charge in [-0.05, 0) is 43.0 Å². The third-order valence-electron chi connectivity index (χ3n) is 4.57. The molecule has 1 aliphatic rings. The first-order valence-corrected chi connectivity index (χ1v) is 9.48. The van der Waals surface area contributed by atoms with Gasteiger partial charge in [0.05, 0.1) is 19.5 Å². The lowest BCUT2D eigenvalue weighted by Gasteiger charge is -2.22. The van der Waals surface area contributed by atoms with Crippen LogP contribution in [0.3, 0.4) is 0 Å². The number of nitrogens with zero attached hydrogens (tertiary/aromatic N) is 1. The van der Waals surface area contributed by atoms with Crippen molar-refractivity contribution in [3.63, 3.8) is 0 Å². The van der Waals surface area contributed by atoms with E-state index in [2.05, 4.69) is 10.6 Å². The minimum absolute atomic E-state index is 0.0198. The first kappa shape index (κ1) is 19.6. The van der Waals surface area contributed by atoms with Crippen LogP contribution in [0.15, 0.2) is 54.6 Å². The van der Waals surface area contributed by atoms with Crippen molar-refractivity contribution in [2.24, 2.45) is 0 Å². The van der Waals surface area contributed by atoms with E-state index in [-0.39, 0.29) is 43.3 Å². The molecule has 1 fully saturated rings. The average Bonchev–Trinajstić information content (AvgIpc) is 3.50. The monoisotopic (exact) mass is 379 g/mol. The van der Waals surface area contributed by atoms with E-state index >= 15 is 0 Å². The van der Waals surface area contributed by atoms with E-state index in [1.165, 1.54) is 0 Å². The van der Waals surface area contributed by atoms with E-state index in [1.807, 2.05) is 55.5 Å². The largest absolute Gasteiger partial charge is 0.345 e.